The van der Waals surface area contributed by atoms with Crippen LogP contribution in [-0.4, -0.2) is 17.7 Å². The van der Waals surface area contributed by atoms with Crippen LogP contribution in [0.3, 0.4) is 0 Å². The molecule has 2 N–H and O–H groups in total. The van der Waals surface area contributed by atoms with Gasteiger partial charge in [0.25, 0.3) is 0 Å². The van der Waals surface area contributed by atoms with Crippen LogP contribution in [0, 0.1) is 0 Å². The summed E-state index contributed by atoms with van der Waals surface area (Å²) in [6.07, 6.45) is 0. The molecule has 3 nitrogen and oxygen atoms in total. The van der Waals surface area contributed by atoms with E-state index in [0.29, 0.717) is 0 Å². The molecule has 1 heterocycles. The number of benzene rings is 1. The second-order valence-electron chi connectivity index (χ2n) is 2.86. The summed E-state index contributed by atoms with van der Waals surface area (Å²) in [7, 11) is 0. The Bertz CT molecular complexity index is 370. The Hall–Kier alpha value is -0.870. The number of fused-ring (bicyclic) bond motifs is 1. The number of amides is 1. The average Bonchev–Trinajstić information content (AvgIpc) is 2.64. The number of hydrogen-bond donors (Lipinski definition) is 2. The predicted octanol–water partition coefficient (Wildman–Crippen LogP) is 2.34. The lowest BCUT2D eigenvalue weighted by Gasteiger charge is -2.04. The second-order valence-corrected chi connectivity index (χ2v) is 4.14. The van der Waals surface area contributed by atoms with Crippen LogP contribution in [0.25, 0.3) is 0 Å². The molecule has 0 bridgehead atoms. The maximum absolute atomic E-state index is 11.0. The minimum absolute atomic E-state index is 0.0114. The van der Waals surface area contributed by atoms with Gasteiger partial charge in [-0.3, -0.25) is 4.79 Å². The van der Waals surface area contributed by atoms with Gasteiger partial charge < -0.3 is 10.6 Å². The highest BCUT2D eigenvalue weighted by atomic mass is 35.5. The van der Waals surface area contributed by atoms with Crippen LogP contribution in [-0.2, 0) is 4.79 Å². The lowest BCUT2D eigenvalue weighted by molar-refractivity contribution is -0.113. The number of hydrogen-bond acceptors (Lipinski definition) is 3. The Kier molecular flexibility index (Phi) is 2.84. The molecule has 0 saturated heterocycles. The highest BCUT2D eigenvalue weighted by Gasteiger charge is 2.11. The van der Waals surface area contributed by atoms with E-state index in [-0.39, 0.29) is 11.8 Å². The average molecular weight is 229 g/mol. The third-order valence-corrected chi connectivity index (χ3v) is 3.06. The first-order valence-corrected chi connectivity index (χ1v) is 5.68. The highest BCUT2D eigenvalue weighted by Crippen LogP contribution is 2.35. The van der Waals surface area contributed by atoms with Crippen molar-refractivity contribution in [3.8, 4) is 0 Å². The SMILES string of the molecule is O=C(CCl)Nc1ccc2c(c1)SCN2. The highest BCUT2D eigenvalue weighted by molar-refractivity contribution is 7.99. The summed E-state index contributed by atoms with van der Waals surface area (Å²) in [5, 5.41) is 5.93. The van der Waals surface area contributed by atoms with Gasteiger partial charge in [0.05, 0.1) is 5.88 Å². The summed E-state index contributed by atoms with van der Waals surface area (Å²) in [5.74, 6) is 0.702. The number of halogens is 1. The topological polar surface area (TPSA) is 41.1 Å². The van der Waals surface area contributed by atoms with Crippen molar-refractivity contribution in [2.75, 3.05) is 22.4 Å². The van der Waals surface area contributed by atoms with Gasteiger partial charge >= 0.3 is 0 Å². The van der Waals surface area contributed by atoms with Gasteiger partial charge in [0.2, 0.25) is 5.91 Å². The molecule has 0 aromatic heterocycles. The fraction of sp³-hybridized carbons (Fsp3) is 0.222. The molecule has 0 spiro atoms. The summed E-state index contributed by atoms with van der Waals surface area (Å²) in [6, 6.07) is 5.77. The summed E-state index contributed by atoms with van der Waals surface area (Å²) in [5.41, 5.74) is 1.92. The monoisotopic (exact) mass is 228 g/mol. The van der Waals surface area contributed by atoms with Gasteiger partial charge in [-0.2, -0.15) is 0 Å². The minimum atomic E-state index is -0.178. The summed E-state index contributed by atoms with van der Waals surface area (Å²) >= 11 is 7.11. The third-order valence-electron chi connectivity index (χ3n) is 1.88. The van der Waals surface area contributed by atoms with Gasteiger partial charge in [-0.05, 0) is 18.2 Å². The van der Waals surface area contributed by atoms with E-state index in [9.17, 15) is 4.79 Å². The summed E-state index contributed by atoms with van der Waals surface area (Å²) in [4.78, 5) is 12.2. The third kappa shape index (κ3) is 1.96. The standard InChI is InChI=1S/C9H9ClN2OS/c10-4-9(13)12-6-1-2-7-8(3-6)14-5-11-7/h1-3,11H,4-5H2,(H,12,13). The molecule has 0 atom stereocenters. The number of thioether (sulfide) groups is 1. The Morgan fingerprint density at radius 1 is 1.64 bits per heavy atom. The first-order valence-electron chi connectivity index (χ1n) is 4.16. The summed E-state index contributed by atoms with van der Waals surface area (Å²) < 4.78 is 0. The van der Waals surface area contributed by atoms with Gasteiger partial charge in [-0.15, -0.1) is 23.4 Å². The van der Waals surface area contributed by atoms with Crippen LogP contribution >= 0.6 is 23.4 Å². The van der Waals surface area contributed by atoms with Crippen LogP contribution < -0.4 is 10.6 Å². The molecule has 0 radical (unpaired) electrons. The van der Waals surface area contributed by atoms with Crippen LogP contribution in [0.4, 0.5) is 11.4 Å². The van der Waals surface area contributed by atoms with Crippen LogP contribution in [0.1, 0.15) is 0 Å². The lowest BCUT2D eigenvalue weighted by Crippen LogP contribution is -2.12. The fourth-order valence-electron chi connectivity index (χ4n) is 1.25. The van der Waals surface area contributed by atoms with Crippen molar-refractivity contribution in [2.45, 2.75) is 4.90 Å². The molecule has 1 aliphatic rings. The molecule has 0 aliphatic carbocycles. The molecule has 0 unspecified atom stereocenters. The lowest BCUT2D eigenvalue weighted by atomic mass is 10.3. The number of carbonyl (C=O) groups is 1. The molecule has 14 heavy (non-hydrogen) atoms. The van der Waals surface area contributed by atoms with Crippen molar-refractivity contribution in [3.63, 3.8) is 0 Å². The number of carbonyl (C=O) groups excluding carboxylic acids is 1. The molecular formula is C9H9ClN2OS. The van der Waals surface area contributed by atoms with Crippen LogP contribution in [0.2, 0.25) is 0 Å². The van der Waals surface area contributed by atoms with Crippen molar-refractivity contribution in [3.05, 3.63) is 18.2 Å². The largest absolute Gasteiger partial charge is 0.375 e. The van der Waals surface area contributed by atoms with Gasteiger partial charge in [0, 0.05) is 16.3 Å². The smallest absolute Gasteiger partial charge is 0.239 e. The maximum atomic E-state index is 11.0. The molecule has 1 amide bonds. The van der Waals surface area contributed by atoms with Crippen molar-refractivity contribution >= 4 is 40.6 Å². The number of alkyl halides is 1. The molecule has 1 aromatic carbocycles. The zero-order valence-electron chi connectivity index (χ0n) is 7.34. The Labute approximate surface area is 91.2 Å². The Balaban J connectivity index is 2.16. The molecule has 74 valence electrons. The Morgan fingerprint density at radius 2 is 2.50 bits per heavy atom. The molecule has 2 rings (SSSR count). The van der Waals surface area contributed by atoms with E-state index in [0.717, 1.165) is 22.1 Å². The Morgan fingerprint density at radius 3 is 3.29 bits per heavy atom. The number of rotatable bonds is 2. The van der Waals surface area contributed by atoms with Gasteiger partial charge in [0.15, 0.2) is 0 Å². The van der Waals surface area contributed by atoms with Gasteiger partial charge in [-0.25, -0.2) is 0 Å². The van der Waals surface area contributed by atoms with E-state index in [1.165, 1.54) is 0 Å². The molecule has 1 aromatic rings. The fourth-order valence-corrected chi connectivity index (χ4v) is 2.21. The first kappa shape index (κ1) is 9.68. The van der Waals surface area contributed by atoms with Crippen LogP contribution in [0.15, 0.2) is 23.1 Å². The van der Waals surface area contributed by atoms with E-state index < -0.39 is 0 Å². The molecule has 1 aliphatic heterocycles. The van der Waals surface area contributed by atoms with Crippen molar-refractivity contribution in [1.82, 2.24) is 0 Å². The number of anilines is 2. The quantitative estimate of drug-likeness (QED) is 0.764. The van der Waals surface area contributed by atoms with E-state index in [4.69, 9.17) is 11.6 Å². The predicted molar refractivity (Wildman–Crippen MR) is 60.1 cm³/mol. The molecule has 5 heteroatoms. The maximum Gasteiger partial charge on any atom is 0.239 e. The van der Waals surface area contributed by atoms with E-state index in [1.54, 1.807) is 11.8 Å². The molecule has 0 saturated carbocycles. The minimum Gasteiger partial charge on any atom is -0.375 e. The molecule has 0 fully saturated rings. The number of nitrogens with one attached hydrogen (secondary N) is 2. The zero-order valence-corrected chi connectivity index (χ0v) is 8.91. The normalized spacial score (nSPS) is 13.2. The summed E-state index contributed by atoms with van der Waals surface area (Å²) in [6.45, 7) is 0. The van der Waals surface area contributed by atoms with E-state index in [2.05, 4.69) is 10.6 Å². The van der Waals surface area contributed by atoms with E-state index in [1.807, 2.05) is 18.2 Å². The first-order chi connectivity index (χ1) is 6.79. The van der Waals surface area contributed by atoms with Gasteiger partial charge in [0.1, 0.15) is 5.88 Å². The van der Waals surface area contributed by atoms with Gasteiger partial charge in [-0.1, -0.05) is 0 Å². The van der Waals surface area contributed by atoms with Crippen LogP contribution in [0.5, 0.6) is 0 Å². The van der Waals surface area contributed by atoms with E-state index >= 15 is 0 Å². The van der Waals surface area contributed by atoms with Crippen molar-refractivity contribution in [2.24, 2.45) is 0 Å². The molecular weight excluding hydrogens is 220 g/mol. The van der Waals surface area contributed by atoms with Crippen molar-refractivity contribution < 1.29 is 4.79 Å². The van der Waals surface area contributed by atoms with Crippen molar-refractivity contribution in [1.29, 1.82) is 0 Å². The zero-order chi connectivity index (χ0) is 9.97. The second kappa shape index (κ2) is 4.11.